The van der Waals surface area contributed by atoms with Crippen LogP contribution in [0.5, 0.6) is 0 Å². The van der Waals surface area contributed by atoms with Gasteiger partial charge < -0.3 is 4.74 Å². The summed E-state index contributed by atoms with van der Waals surface area (Å²) in [5.41, 5.74) is 1.17. The SMILES string of the molecule is CC1CCC(C(C)C)C(O[CH]c2ccccc2)C1. The minimum absolute atomic E-state index is 0.397. The highest BCUT2D eigenvalue weighted by atomic mass is 16.5. The molecule has 1 aliphatic rings. The van der Waals surface area contributed by atoms with Crippen LogP contribution in [0.3, 0.4) is 0 Å². The Morgan fingerprint density at radius 2 is 1.89 bits per heavy atom. The van der Waals surface area contributed by atoms with Gasteiger partial charge in [0.25, 0.3) is 0 Å². The van der Waals surface area contributed by atoms with E-state index in [4.69, 9.17) is 4.74 Å². The fourth-order valence-corrected chi connectivity index (χ4v) is 2.97. The summed E-state index contributed by atoms with van der Waals surface area (Å²) in [6, 6.07) is 10.3. The Morgan fingerprint density at radius 1 is 1.17 bits per heavy atom. The molecule has 1 nitrogen and oxygen atoms in total. The lowest BCUT2D eigenvalue weighted by Crippen LogP contribution is -2.33. The van der Waals surface area contributed by atoms with Crippen LogP contribution in [0.15, 0.2) is 30.3 Å². The van der Waals surface area contributed by atoms with Crippen LogP contribution in [0.4, 0.5) is 0 Å². The number of ether oxygens (including phenoxy) is 1. The third-order valence-corrected chi connectivity index (χ3v) is 4.14. The average Bonchev–Trinajstić information content (AvgIpc) is 2.37. The predicted octanol–water partition coefficient (Wildman–Crippen LogP) is 4.67. The molecular formula is C17H25O. The summed E-state index contributed by atoms with van der Waals surface area (Å²) in [5.74, 6) is 2.22. The van der Waals surface area contributed by atoms with Crippen molar-refractivity contribution in [2.75, 3.05) is 0 Å². The molecule has 3 unspecified atom stereocenters. The molecular weight excluding hydrogens is 220 g/mol. The highest BCUT2D eigenvalue weighted by Crippen LogP contribution is 2.35. The molecule has 1 fully saturated rings. The average molecular weight is 245 g/mol. The fourth-order valence-electron chi connectivity index (χ4n) is 2.97. The van der Waals surface area contributed by atoms with Crippen LogP contribution < -0.4 is 0 Å². The molecule has 99 valence electrons. The van der Waals surface area contributed by atoms with Crippen LogP contribution in [0.2, 0.25) is 0 Å². The van der Waals surface area contributed by atoms with Crippen molar-refractivity contribution in [3.8, 4) is 0 Å². The molecule has 1 aromatic rings. The Morgan fingerprint density at radius 3 is 2.56 bits per heavy atom. The maximum atomic E-state index is 6.09. The zero-order chi connectivity index (χ0) is 13.0. The van der Waals surface area contributed by atoms with E-state index in [9.17, 15) is 0 Å². The zero-order valence-corrected chi connectivity index (χ0v) is 11.8. The van der Waals surface area contributed by atoms with Gasteiger partial charge in [0.1, 0.15) is 6.61 Å². The zero-order valence-electron chi connectivity index (χ0n) is 11.8. The molecule has 1 heteroatoms. The highest BCUT2D eigenvalue weighted by molar-refractivity contribution is 5.19. The first-order valence-corrected chi connectivity index (χ1v) is 7.20. The normalized spacial score (nSPS) is 28.6. The number of rotatable bonds is 4. The highest BCUT2D eigenvalue weighted by Gasteiger charge is 2.31. The number of benzene rings is 1. The molecule has 0 N–H and O–H groups in total. The molecule has 3 atom stereocenters. The quantitative estimate of drug-likeness (QED) is 0.748. The van der Waals surface area contributed by atoms with Gasteiger partial charge in [0.2, 0.25) is 0 Å². The molecule has 0 saturated heterocycles. The van der Waals surface area contributed by atoms with Gasteiger partial charge in [-0.3, -0.25) is 0 Å². The van der Waals surface area contributed by atoms with Crippen molar-refractivity contribution in [3.05, 3.63) is 42.5 Å². The Balaban J connectivity index is 1.92. The van der Waals surface area contributed by atoms with Gasteiger partial charge in [0.05, 0.1) is 6.10 Å². The van der Waals surface area contributed by atoms with E-state index in [0.717, 1.165) is 5.92 Å². The van der Waals surface area contributed by atoms with Crippen molar-refractivity contribution in [3.63, 3.8) is 0 Å². The molecule has 18 heavy (non-hydrogen) atoms. The largest absolute Gasteiger partial charge is 0.367 e. The van der Waals surface area contributed by atoms with E-state index in [1.165, 1.54) is 24.8 Å². The molecule has 1 aliphatic carbocycles. The van der Waals surface area contributed by atoms with E-state index in [-0.39, 0.29) is 0 Å². The molecule has 1 saturated carbocycles. The Labute approximate surface area is 112 Å². The van der Waals surface area contributed by atoms with Gasteiger partial charge in [-0.1, -0.05) is 57.5 Å². The summed E-state index contributed by atoms with van der Waals surface area (Å²) < 4.78 is 6.09. The summed E-state index contributed by atoms with van der Waals surface area (Å²) >= 11 is 0. The van der Waals surface area contributed by atoms with Crippen LogP contribution in [-0.2, 0) is 4.74 Å². The molecule has 0 aromatic heterocycles. The van der Waals surface area contributed by atoms with E-state index >= 15 is 0 Å². The fraction of sp³-hybridized carbons (Fsp3) is 0.588. The molecule has 1 radical (unpaired) electrons. The third kappa shape index (κ3) is 3.58. The van der Waals surface area contributed by atoms with E-state index in [0.29, 0.717) is 17.9 Å². The Hall–Kier alpha value is -0.820. The van der Waals surface area contributed by atoms with Crippen molar-refractivity contribution in [1.29, 1.82) is 0 Å². The van der Waals surface area contributed by atoms with Gasteiger partial charge in [-0.2, -0.15) is 0 Å². The smallest absolute Gasteiger partial charge is 0.113 e. The van der Waals surface area contributed by atoms with E-state index in [2.05, 4.69) is 45.0 Å². The van der Waals surface area contributed by atoms with Gasteiger partial charge in [-0.05, 0) is 36.2 Å². The van der Waals surface area contributed by atoms with Gasteiger partial charge in [-0.25, -0.2) is 0 Å². The molecule has 0 aliphatic heterocycles. The predicted molar refractivity (Wildman–Crippen MR) is 76.1 cm³/mol. The van der Waals surface area contributed by atoms with Crippen molar-refractivity contribution in [2.45, 2.75) is 46.1 Å². The topological polar surface area (TPSA) is 9.23 Å². The van der Waals surface area contributed by atoms with E-state index in [1.54, 1.807) is 0 Å². The Bertz CT molecular complexity index is 344. The van der Waals surface area contributed by atoms with Gasteiger partial charge >= 0.3 is 0 Å². The lowest BCUT2D eigenvalue weighted by molar-refractivity contribution is -0.00219. The molecule has 0 spiro atoms. The van der Waals surface area contributed by atoms with E-state index < -0.39 is 0 Å². The second-order valence-electron chi connectivity index (χ2n) is 6.03. The number of hydrogen-bond donors (Lipinski definition) is 0. The Kier molecular flexibility index (Phi) is 4.82. The van der Waals surface area contributed by atoms with Gasteiger partial charge in [-0.15, -0.1) is 0 Å². The van der Waals surface area contributed by atoms with Crippen molar-refractivity contribution < 1.29 is 4.74 Å². The monoisotopic (exact) mass is 245 g/mol. The summed E-state index contributed by atoms with van der Waals surface area (Å²) in [7, 11) is 0. The summed E-state index contributed by atoms with van der Waals surface area (Å²) in [6.45, 7) is 8.92. The summed E-state index contributed by atoms with van der Waals surface area (Å²) in [6.07, 6.45) is 4.26. The van der Waals surface area contributed by atoms with Crippen molar-refractivity contribution in [1.82, 2.24) is 0 Å². The van der Waals surface area contributed by atoms with Gasteiger partial charge in [0, 0.05) is 0 Å². The van der Waals surface area contributed by atoms with Crippen LogP contribution in [-0.4, -0.2) is 6.10 Å². The lowest BCUT2D eigenvalue weighted by Gasteiger charge is -2.37. The van der Waals surface area contributed by atoms with Crippen LogP contribution in [0, 0.1) is 24.4 Å². The first-order chi connectivity index (χ1) is 8.66. The van der Waals surface area contributed by atoms with E-state index in [1.807, 2.05) is 12.7 Å². The summed E-state index contributed by atoms with van der Waals surface area (Å²) in [4.78, 5) is 0. The molecule has 1 aromatic carbocycles. The molecule has 0 heterocycles. The van der Waals surface area contributed by atoms with Crippen molar-refractivity contribution >= 4 is 0 Å². The minimum atomic E-state index is 0.397. The number of hydrogen-bond acceptors (Lipinski definition) is 1. The molecule has 0 bridgehead atoms. The maximum absolute atomic E-state index is 6.09. The van der Waals surface area contributed by atoms with Crippen LogP contribution in [0.25, 0.3) is 0 Å². The standard InChI is InChI=1S/C17H25O/c1-13(2)16-10-9-14(3)11-17(16)18-12-15-7-5-4-6-8-15/h4-8,12-14,16-17H,9-11H2,1-3H3. The van der Waals surface area contributed by atoms with Crippen LogP contribution in [0.1, 0.15) is 45.6 Å². The lowest BCUT2D eigenvalue weighted by atomic mass is 9.75. The third-order valence-electron chi connectivity index (χ3n) is 4.14. The second-order valence-corrected chi connectivity index (χ2v) is 6.03. The molecule has 0 amide bonds. The first kappa shape index (κ1) is 13.6. The maximum Gasteiger partial charge on any atom is 0.113 e. The summed E-state index contributed by atoms with van der Waals surface area (Å²) in [5, 5.41) is 0. The molecule has 2 rings (SSSR count). The minimum Gasteiger partial charge on any atom is -0.367 e. The first-order valence-electron chi connectivity index (χ1n) is 7.20. The van der Waals surface area contributed by atoms with Gasteiger partial charge in [0.15, 0.2) is 0 Å². The van der Waals surface area contributed by atoms with Crippen molar-refractivity contribution in [2.24, 2.45) is 17.8 Å². The van der Waals surface area contributed by atoms with Crippen LogP contribution >= 0.6 is 0 Å². The second kappa shape index (κ2) is 6.38.